The molecular formula is C37H57NO7. The predicted molar refractivity (Wildman–Crippen MR) is 167 cm³/mol. The van der Waals surface area contributed by atoms with Crippen molar-refractivity contribution in [1.82, 2.24) is 4.90 Å². The van der Waals surface area contributed by atoms with E-state index in [0.717, 1.165) is 32.1 Å². The maximum absolute atomic E-state index is 12.9. The van der Waals surface area contributed by atoms with E-state index in [0.29, 0.717) is 55.2 Å². The molecule has 2 saturated heterocycles. The van der Waals surface area contributed by atoms with E-state index in [-0.39, 0.29) is 64.5 Å². The molecule has 8 rings (SSSR count). The van der Waals surface area contributed by atoms with Crippen LogP contribution in [0.1, 0.15) is 112 Å². The van der Waals surface area contributed by atoms with Gasteiger partial charge in [0.15, 0.2) is 6.29 Å². The monoisotopic (exact) mass is 627 g/mol. The number of morpholine rings is 1. The molecule has 2 spiro atoms. The number of aliphatic carboxylic acids is 1. The van der Waals surface area contributed by atoms with Crippen LogP contribution in [0.5, 0.6) is 0 Å². The Balaban J connectivity index is 1.01. The molecule has 2 heterocycles. The van der Waals surface area contributed by atoms with Crippen LogP contribution in [-0.4, -0.2) is 77.4 Å². The lowest BCUT2D eigenvalue weighted by atomic mass is 9.41. The van der Waals surface area contributed by atoms with Crippen molar-refractivity contribution in [2.45, 2.75) is 142 Å². The van der Waals surface area contributed by atoms with Gasteiger partial charge in [-0.05, 0) is 115 Å². The minimum absolute atomic E-state index is 0.00198. The van der Waals surface area contributed by atoms with Gasteiger partial charge in [-0.1, -0.05) is 34.6 Å². The summed E-state index contributed by atoms with van der Waals surface area (Å²) in [5.74, 6) is 1.66. The molecule has 13 atom stereocenters. The third-order valence-corrected chi connectivity index (χ3v) is 16.1. The summed E-state index contributed by atoms with van der Waals surface area (Å²) < 4.78 is 19.5. The third-order valence-electron chi connectivity index (χ3n) is 16.1. The number of nitrogens with zero attached hydrogens (tertiary/aromatic N) is 1. The second-order valence-electron chi connectivity index (χ2n) is 18.1. The van der Waals surface area contributed by atoms with Crippen molar-refractivity contribution in [1.29, 1.82) is 0 Å². The number of ether oxygens (including phenoxy) is 3. The fraction of sp³-hybridized carbons (Fsp3) is 0.946. The number of fused-ring (bicyclic) bond motifs is 4. The standard InChI is InChI=1S/C37H57NO7/c1-21-16-23(18-28(40)41)44-31-30(21)34(4)12-13-37-20-36(37)11-10-26(33(2,3)24(36)8-9-25(37)35(34,5)32(31)42)45-29-19-38(14-15-43-29)27(39)17-22-6-7-22/h21-26,29-32,42H,6-20H2,1-5H3,(H,40,41)/t21-,23-,24+,25+,26?,29?,30+,31+,32+,34-,35-,36-,37+/m1/s1. The maximum Gasteiger partial charge on any atom is 0.305 e. The van der Waals surface area contributed by atoms with Crippen LogP contribution in [0.4, 0.5) is 0 Å². The summed E-state index contributed by atoms with van der Waals surface area (Å²) in [7, 11) is 0. The van der Waals surface area contributed by atoms with Gasteiger partial charge in [-0.3, -0.25) is 9.59 Å². The highest BCUT2D eigenvalue weighted by atomic mass is 16.7. The van der Waals surface area contributed by atoms with Gasteiger partial charge in [0, 0.05) is 18.4 Å². The summed E-state index contributed by atoms with van der Waals surface area (Å²) >= 11 is 0. The van der Waals surface area contributed by atoms with Crippen LogP contribution < -0.4 is 0 Å². The van der Waals surface area contributed by atoms with Gasteiger partial charge in [0.1, 0.15) is 0 Å². The molecule has 252 valence electrons. The molecule has 8 heteroatoms. The van der Waals surface area contributed by atoms with Crippen molar-refractivity contribution in [3.8, 4) is 0 Å². The number of carbonyl (C=O) groups is 2. The number of hydrogen-bond acceptors (Lipinski definition) is 6. The lowest BCUT2D eigenvalue weighted by Crippen LogP contribution is -2.60. The summed E-state index contributed by atoms with van der Waals surface area (Å²) in [6, 6.07) is 0. The van der Waals surface area contributed by atoms with Gasteiger partial charge >= 0.3 is 5.97 Å². The van der Waals surface area contributed by atoms with Crippen LogP contribution in [0.25, 0.3) is 0 Å². The molecule has 45 heavy (non-hydrogen) atoms. The first-order valence-electron chi connectivity index (χ1n) is 18.4. The Morgan fingerprint density at radius 3 is 2.42 bits per heavy atom. The zero-order chi connectivity index (χ0) is 31.7. The van der Waals surface area contributed by atoms with Crippen LogP contribution in [0.15, 0.2) is 0 Å². The van der Waals surface area contributed by atoms with E-state index >= 15 is 0 Å². The van der Waals surface area contributed by atoms with Crippen LogP contribution in [0.2, 0.25) is 0 Å². The molecule has 0 aromatic carbocycles. The molecule has 0 aromatic heterocycles. The van der Waals surface area contributed by atoms with Crippen molar-refractivity contribution in [3.63, 3.8) is 0 Å². The molecule has 1 amide bonds. The van der Waals surface area contributed by atoms with Crippen LogP contribution in [0, 0.1) is 56.7 Å². The Morgan fingerprint density at radius 1 is 0.956 bits per heavy atom. The van der Waals surface area contributed by atoms with Crippen LogP contribution >= 0.6 is 0 Å². The Hall–Kier alpha value is -1.22. The van der Waals surface area contributed by atoms with Gasteiger partial charge in [0.05, 0.1) is 44.0 Å². The minimum Gasteiger partial charge on any atom is -0.481 e. The molecule has 0 radical (unpaired) electrons. The summed E-state index contributed by atoms with van der Waals surface area (Å²) in [5.41, 5.74) is 0.300. The van der Waals surface area contributed by atoms with Crippen molar-refractivity contribution in [2.75, 3.05) is 19.7 Å². The molecule has 8 aliphatic rings. The number of amides is 1. The molecule has 6 saturated carbocycles. The van der Waals surface area contributed by atoms with E-state index in [9.17, 15) is 19.8 Å². The lowest BCUT2D eigenvalue weighted by molar-refractivity contribution is -0.248. The Kier molecular flexibility index (Phi) is 7.01. The van der Waals surface area contributed by atoms with Crippen molar-refractivity contribution in [2.24, 2.45) is 56.7 Å². The van der Waals surface area contributed by atoms with E-state index < -0.39 is 12.1 Å². The van der Waals surface area contributed by atoms with Crippen LogP contribution in [0.3, 0.4) is 0 Å². The van der Waals surface area contributed by atoms with E-state index in [1.165, 1.54) is 32.1 Å². The second kappa shape index (κ2) is 10.1. The average Bonchev–Trinajstić information content (AvgIpc) is 3.89. The molecule has 0 bridgehead atoms. The molecule has 8 fully saturated rings. The van der Waals surface area contributed by atoms with E-state index in [1.54, 1.807) is 0 Å². The Bertz CT molecular complexity index is 1240. The number of carboxylic acid groups (broad SMARTS) is 1. The minimum atomic E-state index is -0.818. The Morgan fingerprint density at radius 2 is 1.69 bits per heavy atom. The largest absolute Gasteiger partial charge is 0.481 e. The van der Waals surface area contributed by atoms with Gasteiger partial charge < -0.3 is 29.3 Å². The first-order chi connectivity index (χ1) is 21.3. The number of aliphatic hydroxyl groups excluding tert-OH is 1. The fourth-order valence-electron chi connectivity index (χ4n) is 13.8. The summed E-state index contributed by atoms with van der Waals surface area (Å²) in [5, 5.41) is 21.8. The number of hydrogen-bond donors (Lipinski definition) is 2. The average molecular weight is 628 g/mol. The lowest BCUT2D eigenvalue weighted by Gasteiger charge is -2.64. The highest BCUT2D eigenvalue weighted by Gasteiger charge is 2.84. The van der Waals surface area contributed by atoms with Gasteiger partial charge in [0.25, 0.3) is 0 Å². The van der Waals surface area contributed by atoms with Crippen LogP contribution in [-0.2, 0) is 23.8 Å². The molecule has 8 nitrogen and oxygen atoms in total. The van der Waals surface area contributed by atoms with E-state index in [1.807, 2.05) is 4.90 Å². The first-order valence-corrected chi connectivity index (χ1v) is 18.4. The number of carbonyl (C=O) groups excluding carboxylic acids is 1. The summed E-state index contributed by atoms with van der Waals surface area (Å²) in [4.78, 5) is 26.4. The number of aliphatic hydroxyl groups is 1. The van der Waals surface area contributed by atoms with Crippen molar-refractivity contribution >= 4 is 11.9 Å². The molecule has 6 aliphatic carbocycles. The van der Waals surface area contributed by atoms with Gasteiger partial charge in [-0.25, -0.2) is 0 Å². The van der Waals surface area contributed by atoms with Gasteiger partial charge in [-0.2, -0.15) is 0 Å². The smallest absolute Gasteiger partial charge is 0.305 e. The van der Waals surface area contributed by atoms with Gasteiger partial charge in [0.2, 0.25) is 5.91 Å². The highest BCUT2D eigenvalue weighted by Crippen LogP contribution is 2.89. The predicted octanol–water partition coefficient (Wildman–Crippen LogP) is 5.64. The number of carboxylic acids is 1. The van der Waals surface area contributed by atoms with Crippen molar-refractivity contribution < 1.29 is 34.0 Å². The SMILES string of the molecule is C[C@@H]1C[C@H](CC(=O)O)O[C@H]2[C@H]1[C@@]1(C)CC[C@@]34C[C@@]35CCC(OC3CN(C(=O)CC6CC6)CCO3)C(C)(C)[C@@H]5CC[C@H]4[C@]1(C)[C@H]2O. The molecule has 0 aromatic rings. The Labute approximate surface area is 269 Å². The maximum atomic E-state index is 12.9. The first kappa shape index (κ1) is 31.1. The summed E-state index contributed by atoms with van der Waals surface area (Å²) in [6.07, 6.45) is 10.5. The molecule has 2 N–H and O–H groups in total. The molecular weight excluding hydrogens is 570 g/mol. The second-order valence-corrected chi connectivity index (χ2v) is 18.1. The van der Waals surface area contributed by atoms with Crippen molar-refractivity contribution in [3.05, 3.63) is 0 Å². The van der Waals surface area contributed by atoms with E-state index in [4.69, 9.17) is 14.2 Å². The zero-order valence-corrected chi connectivity index (χ0v) is 28.3. The van der Waals surface area contributed by atoms with E-state index in [2.05, 4.69) is 34.6 Å². The quantitative estimate of drug-likeness (QED) is 0.393. The number of rotatable bonds is 6. The topological polar surface area (TPSA) is 106 Å². The highest BCUT2D eigenvalue weighted by molar-refractivity contribution is 5.76. The third kappa shape index (κ3) is 4.22. The normalized spacial score (nSPS) is 52.9. The zero-order valence-electron chi connectivity index (χ0n) is 28.3. The van der Waals surface area contributed by atoms with Gasteiger partial charge in [-0.15, -0.1) is 0 Å². The molecule has 2 unspecified atom stereocenters. The summed E-state index contributed by atoms with van der Waals surface area (Å²) in [6.45, 7) is 13.8. The fourth-order valence-corrected chi connectivity index (χ4v) is 13.8. The molecule has 2 aliphatic heterocycles.